The van der Waals surface area contributed by atoms with E-state index in [9.17, 15) is 0 Å². The van der Waals surface area contributed by atoms with Gasteiger partial charge in [0.05, 0.1) is 18.0 Å². The fourth-order valence-electron chi connectivity index (χ4n) is 1.69. The second kappa shape index (κ2) is 3.55. The molecule has 2 rings (SSSR count). The van der Waals surface area contributed by atoms with Crippen LogP contribution in [0.15, 0.2) is 18.2 Å². The van der Waals surface area contributed by atoms with E-state index in [1.54, 1.807) is 11.8 Å². The summed E-state index contributed by atoms with van der Waals surface area (Å²) in [7, 11) is 3.52. The van der Waals surface area contributed by atoms with E-state index in [2.05, 4.69) is 5.10 Å². The first-order chi connectivity index (χ1) is 7.13. The van der Waals surface area contributed by atoms with Crippen molar-refractivity contribution in [3.05, 3.63) is 23.8 Å². The lowest BCUT2D eigenvalue weighted by molar-refractivity contribution is 0.396. The lowest BCUT2D eigenvalue weighted by atomic mass is 10.1. The third-order valence-electron chi connectivity index (χ3n) is 2.56. The zero-order chi connectivity index (χ0) is 11.0. The van der Waals surface area contributed by atoms with E-state index in [1.165, 1.54) is 0 Å². The Morgan fingerprint density at radius 3 is 2.80 bits per heavy atom. The van der Waals surface area contributed by atoms with Gasteiger partial charge in [0.15, 0.2) is 0 Å². The van der Waals surface area contributed by atoms with Gasteiger partial charge >= 0.3 is 0 Å². The van der Waals surface area contributed by atoms with Gasteiger partial charge in [0.2, 0.25) is 5.88 Å². The van der Waals surface area contributed by atoms with Crippen LogP contribution < -0.4 is 10.5 Å². The second-order valence-corrected chi connectivity index (χ2v) is 3.70. The number of methoxy groups -OCH3 is 1. The Morgan fingerprint density at radius 2 is 2.20 bits per heavy atom. The molecule has 0 aliphatic carbocycles. The number of aryl methyl sites for hydroxylation is 1. The SMILES string of the molecule is COc1nn(C)c2ccc(C(C)N)cc12. The average Bonchev–Trinajstić information content (AvgIpc) is 2.55. The molecule has 4 nitrogen and oxygen atoms in total. The van der Waals surface area contributed by atoms with E-state index in [0.717, 1.165) is 16.5 Å². The van der Waals surface area contributed by atoms with Gasteiger partial charge in [-0.15, -0.1) is 5.10 Å². The van der Waals surface area contributed by atoms with Crippen molar-refractivity contribution in [1.29, 1.82) is 0 Å². The summed E-state index contributed by atoms with van der Waals surface area (Å²) < 4.78 is 7.01. The molecule has 0 amide bonds. The van der Waals surface area contributed by atoms with Gasteiger partial charge in [0.1, 0.15) is 0 Å². The Morgan fingerprint density at radius 1 is 1.47 bits per heavy atom. The van der Waals surface area contributed by atoms with Crippen LogP contribution in [0.4, 0.5) is 0 Å². The molecule has 4 heteroatoms. The summed E-state index contributed by atoms with van der Waals surface area (Å²) in [5, 5.41) is 5.27. The Hall–Kier alpha value is -1.55. The zero-order valence-corrected chi connectivity index (χ0v) is 9.19. The van der Waals surface area contributed by atoms with Crippen molar-refractivity contribution in [3.8, 4) is 5.88 Å². The van der Waals surface area contributed by atoms with Crippen LogP contribution in [-0.4, -0.2) is 16.9 Å². The molecule has 2 N–H and O–H groups in total. The molecule has 0 spiro atoms. The Bertz CT molecular complexity index is 488. The van der Waals surface area contributed by atoms with Gasteiger partial charge in [-0.3, -0.25) is 4.68 Å². The summed E-state index contributed by atoms with van der Waals surface area (Å²) in [6.45, 7) is 1.96. The highest BCUT2D eigenvalue weighted by Crippen LogP contribution is 2.26. The molecule has 0 saturated heterocycles. The molecule has 2 aromatic rings. The van der Waals surface area contributed by atoms with Crippen molar-refractivity contribution in [2.45, 2.75) is 13.0 Å². The summed E-state index contributed by atoms with van der Waals surface area (Å²) in [5.41, 5.74) is 7.98. The number of nitrogens with zero attached hydrogens (tertiary/aromatic N) is 2. The van der Waals surface area contributed by atoms with Crippen LogP contribution in [0.5, 0.6) is 5.88 Å². The normalized spacial score (nSPS) is 13.1. The van der Waals surface area contributed by atoms with E-state index < -0.39 is 0 Å². The quantitative estimate of drug-likeness (QED) is 0.810. The number of hydrogen-bond acceptors (Lipinski definition) is 3. The average molecular weight is 205 g/mol. The molecule has 1 unspecified atom stereocenters. The largest absolute Gasteiger partial charge is 0.479 e. The van der Waals surface area contributed by atoms with Gasteiger partial charge in [0.25, 0.3) is 0 Å². The minimum absolute atomic E-state index is 0.0271. The number of benzene rings is 1. The molecule has 15 heavy (non-hydrogen) atoms. The third kappa shape index (κ3) is 1.57. The molecule has 0 aliphatic rings. The lowest BCUT2D eigenvalue weighted by Crippen LogP contribution is -2.04. The van der Waals surface area contributed by atoms with Gasteiger partial charge in [-0.05, 0) is 24.6 Å². The van der Waals surface area contributed by atoms with E-state index in [0.29, 0.717) is 5.88 Å². The molecule has 0 saturated carbocycles. The first kappa shape index (κ1) is 9.98. The van der Waals surface area contributed by atoms with Crippen LogP contribution >= 0.6 is 0 Å². The number of ether oxygens (including phenoxy) is 1. The topological polar surface area (TPSA) is 53.1 Å². The van der Waals surface area contributed by atoms with Crippen LogP contribution in [0.2, 0.25) is 0 Å². The lowest BCUT2D eigenvalue weighted by Gasteiger charge is -2.05. The van der Waals surface area contributed by atoms with Crippen molar-refractivity contribution in [2.75, 3.05) is 7.11 Å². The molecule has 0 radical (unpaired) electrons. The Balaban J connectivity index is 2.68. The van der Waals surface area contributed by atoms with Crippen molar-refractivity contribution >= 4 is 10.9 Å². The predicted molar refractivity (Wildman–Crippen MR) is 59.9 cm³/mol. The van der Waals surface area contributed by atoms with Gasteiger partial charge in [-0.25, -0.2) is 0 Å². The summed E-state index contributed by atoms with van der Waals surface area (Å²) in [6, 6.07) is 6.10. The molecule has 1 atom stereocenters. The summed E-state index contributed by atoms with van der Waals surface area (Å²) in [5.74, 6) is 0.648. The highest BCUT2D eigenvalue weighted by atomic mass is 16.5. The maximum absolute atomic E-state index is 5.84. The van der Waals surface area contributed by atoms with Crippen LogP contribution in [-0.2, 0) is 7.05 Å². The highest BCUT2D eigenvalue weighted by molar-refractivity contribution is 5.85. The van der Waals surface area contributed by atoms with E-state index >= 15 is 0 Å². The van der Waals surface area contributed by atoms with E-state index in [1.807, 2.05) is 32.2 Å². The van der Waals surface area contributed by atoms with Crippen LogP contribution in [0.25, 0.3) is 10.9 Å². The van der Waals surface area contributed by atoms with Crippen molar-refractivity contribution in [3.63, 3.8) is 0 Å². The second-order valence-electron chi connectivity index (χ2n) is 3.70. The van der Waals surface area contributed by atoms with Crippen molar-refractivity contribution in [1.82, 2.24) is 9.78 Å². The number of aromatic nitrogens is 2. The number of rotatable bonds is 2. The maximum Gasteiger partial charge on any atom is 0.240 e. The van der Waals surface area contributed by atoms with E-state index in [4.69, 9.17) is 10.5 Å². The van der Waals surface area contributed by atoms with Gasteiger partial charge in [-0.1, -0.05) is 6.07 Å². The molecule has 0 fully saturated rings. The number of nitrogens with two attached hydrogens (primary N) is 1. The first-order valence-electron chi connectivity index (χ1n) is 4.89. The van der Waals surface area contributed by atoms with Crippen molar-refractivity contribution in [2.24, 2.45) is 12.8 Å². The predicted octanol–water partition coefficient (Wildman–Crippen LogP) is 1.60. The minimum Gasteiger partial charge on any atom is -0.479 e. The first-order valence-corrected chi connectivity index (χ1v) is 4.89. The molecular weight excluding hydrogens is 190 g/mol. The molecule has 1 aromatic heterocycles. The Labute approximate surface area is 88.6 Å². The summed E-state index contributed by atoms with van der Waals surface area (Å²) in [4.78, 5) is 0. The molecule has 0 bridgehead atoms. The Kier molecular flexibility index (Phi) is 2.36. The molecule has 1 heterocycles. The van der Waals surface area contributed by atoms with Gasteiger partial charge < -0.3 is 10.5 Å². The van der Waals surface area contributed by atoms with Crippen LogP contribution in [0.3, 0.4) is 0 Å². The fraction of sp³-hybridized carbons (Fsp3) is 0.364. The van der Waals surface area contributed by atoms with E-state index in [-0.39, 0.29) is 6.04 Å². The minimum atomic E-state index is 0.0271. The molecule has 80 valence electrons. The van der Waals surface area contributed by atoms with Crippen molar-refractivity contribution < 1.29 is 4.74 Å². The van der Waals surface area contributed by atoms with Gasteiger partial charge in [0, 0.05) is 13.1 Å². The zero-order valence-electron chi connectivity index (χ0n) is 9.19. The fourth-order valence-corrected chi connectivity index (χ4v) is 1.69. The maximum atomic E-state index is 5.84. The molecule has 0 aliphatic heterocycles. The standard InChI is InChI=1S/C11H15N3O/c1-7(12)8-4-5-10-9(6-8)11(15-3)13-14(10)2/h4-7H,12H2,1-3H3. The number of hydrogen-bond donors (Lipinski definition) is 1. The third-order valence-corrected chi connectivity index (χ3v) is 2.56. The smallest absolute Gasteiger partial charge is 0.240 e. The van der Waals surface area contributed by atoms with Crippen LogP contribution in [0, 0.1) is 0 Å². The number of fused-ring (bicyclic) bond motifs is 1. The monoisotopic (exact) mass is 205 g/mol. The van der Waals surface area contributed by atoms with Gasteiger partial charge in [-0.2, -0.15) is 0 Å². The summed E-state index contributed by atoms with van der Waals surface area (Å²) in [6.07, 6.45) is 0. The summed E-state index contributed by atoms with van der Waals surface area (Å²) >= 11 is 0. The molecule has 1 aromatic carbocycles. The highest BCUT2D eigenvalue weighted by Gasteiger charge is 2.10. The molecular formula is C11H15N3O. The van der Waals surface area contributed by atoms with Crippen LogP contribution in [0.1, 0.15) is 18.5 Å².